The molecule has 116 valence electrons. The fourth-order valence-corrected chi connectivity index (χ4v) is 2.43. The number of phenols is 1. The predicted molar refractivity (Wildman–Crippen MR) is 92.9 cm³/mol. The first kappa shape index (κ1) is 16.6. The number of carbonyl (C=O) groups excluding carboxylic acids is 1. The second-order valence-corrected chi connectivity index (χ2v) is 5.66. The van der Waals surface area contributed by atoms with Crippen LogP contribution in [0.2, 0.25) is 0 Å². The molecule has 0 atom stereocenters. The van der Waals surface area contributed by atoms with E-state index in [-0.39, 0.29) is 11.3 Å². The topological polar surface area (TPSA) is 85.2 Å². The summed E-state index contributed by atoms with van der Waals surface area (Å²) in [5, 5.41) is 24.0. The van der Waals surface area contributed by atoms with E-state index in [2.05, 4.69) is 26.6 Å². The molecule has 5 nitrogen and oxygen atoms in total. The van der Waals surface area contributed by atoms with Crippen LogP contribution in [0.1, 0.15) is 5.56 Å². The fraction of sp³-hybridized carbons (Fsp3) is 0.0588. The first-order valence-electron chi connectivity index (χ1n) is 6.73. The Balaban J connectivity index is 2.12. The zero-order valence-electron chi connectivity index (χ0n) is 12.3. The van der Waals surface area contributed by atoms with E-state index in [9.17, 15) is 9.90 Å². The fourth-order valence-electron chi connectivity index (χ4n) is 1.82. The zero-order chi connectivity index (χ0) is 16.8. The maximum atomic E-state index is 12.1. The van der Waals surface area contributed by atoms with Crippen LogP contribution in [-0.2, 0) is 4.79 Å². The molecule has 0 spiro atoms. The van der Waals surface area contributed by atoms with Gasteiger partial charge in [0.25, 0.3) is 5.91 Å². The van der Waals surface area contributed by atoms with Gasteiger partial charge in [-0.25, -0.2) is 0 Å². The molecule has 0 fully saturated rings. The van der Waals surface area contributed by atoms with E-state index in [1.165, 1.54) is 18.3 Å². The minimum atomic E-state index is -0.561. The number of nitrogens with one attached hydrogen (secondary N) is 2. The second kappa shape index (κ2) is 7.47. The smallest absolute Gasteiger partial charge is 0.267 e. The van der Waals surface area contributed by atoms with Gasteiger partial charge in [-0.05, 0) is 52.7 Å². The number of hydrogen-bond donors (Lipinski definition) is 3. The minimum Gasteiger partial charge on any atom is -0.508 e. The molecule has 0 unspecified atom stereocenters. The highest BCUT2D eigenvalue weighted by Gasteiger charge is 2.10. The molecule has 0 aromatic heterocycles. The molecule has 1 amide bonds. The van der Waals surface area contributed by atoms with Crippen molar-refractivity contribution in [3.8, 4) is 11.8 Å². The van der Waals surface area contributed by atoms with Crippen LogP contribution in [-0.4, -0.2) is 11.0 Å². The molecule has 0 bridgehead atoms. The Morgan fingerprint density at radius 3 is 2.74 bits per heavy atom. The summed E-state index contributed by atoms with van der Waals surface area (Å²) < 4.78 is 0.833. The molecule has 0 saturated heterocycles. The van der Waals surface area contributed by atoms with Crippen LogP contribution in [0.5, 0.6) is 5.75 Å². The van der Waals surface area contributed by atoms with Gasteiger partial charge in [0, 0.05) is 22.4 Å². The molecule has 2 rings (SSSR count). The van der Waals surface area contributed by atoms with Crippen molar-refractivity contribution in [2.24, 2.45) is 0 Å². The lowest BCUT2D eigenvalue weighted by atomic mass is 10.2. The van der Waals surface area contributed by atoms with Gasteiger partial charge >= 0.3 is 0 Å². The number of anilines is 2. The molecular formula is C17H14BrN3O2. The van der Waals surface area contributed by atoms with Crippen molar-refractivity contribution in [3.63, 3.8) is 0 Å². The number of phenolic OH excluding ortho intramolecular Hbond substituents is 1. The Morgan fingerprint density at radius 2 is 2.09 bits per heavy atom. The molecular weight excluding hydrogens is 358 g/mol. The number of hydrogen-bond acceptors (Lipinski definition) is 4. The van der Waals surface area contributed by atoms with E-state index < -0.39 is 5.91 Å². The van der Waals surface area contributed by atoms with Crippen LogP contribution >= 0.6 is 15.9 Å². The first-order valence-corrected chi connectivity index (χ1v) is 7.52. The Hall–Kier alpha value is -2.78. The Bertz CT molecular complexity index is 810. The highest BCUT2D eigenvalue weighted by Crippen LogP contribution is 2.23. The first-order chi connectivity index (χ1) is 11.0. The van der Waals surface area contributed by atoms with Gasteiger partial charge in [0.1, 0.15) is 17.4 Å². The van der Waals surface area contributed by atoms with Crippen molar-refractivity contribution in [1.82, 2.24) is 0 Å². The highest BCUT2D eigenvalue weighted by atomic mass is 79.9. The molecule has 0 radical (unpaired) electrons. The number of carbonyl (C=O) groups is 1. The average molecular weight is 372 g/mol. The van der Waals surface area contributed by atoms with Gasteiger partial charge in [-0.1, -0.05) is 12.1 Å². The van der Waals surface area contributed by atoms with Crippen molar-refractivity contribution in [1.29, 1.82) is 5.26 Å². The molecule has 0 aliphatic heterocycles. The summed E-state index contributed by atoms with van der Waals surface area (Å²) >= 11 is 3.41. The van der Waals surface area contributed by atoms with Crippen molar-refractivity contribution in [2.75, 3.05) is 10.6 Å². The number of nitrogens with zero attached hydrogens (tertiary/aromatic N) is 1. The number of halogens is 1. The zero-order valence-corrected chi connectivity index (χ0v) is 13.9. The van der Waals surface area contributed by atoms with Crippen molar-refractivity contribution >= 4 is 33.2 Å². The van der Waals surface area contributed by atoms with Crippen LogP contribution in [0.15, 0.2) is 58.7 Å². The monoisotopic (exact) mass is 371 g/mol. The molecule has 2 aromatic carbocycles. The van der Waals surface area contributed by atoms with E-state index in [0.29, 0.717) is 5.69 Å². The Labute approximate surface area is 142 Å². The molecule has 3 N–H and O–H groups in total. The lowest BCUT2D eigenvalue weighted by Gasteiger charge is -2.07. The standard InChI is InChI=1S/C17H14BrN3O2/c1-11-5-6-16(15(18)7-11)20-10-12(9-19)17(23)21-13-3-2-4-14(22)8-13/h2-8,10,20,22H,1H3,(H,21,23)/b12-10-. The number of nitriles is 1. The second-order valence-electron chi connectivity index (χ2n) is 4.80. The van der Waals surface area contributed by atoms with Crippen LogP contribution in [0.3, 0.4) is 0 Å². The van der Waals surface area contributed by atoms with E-state index in [4.69, 9.17) is 5.26 Å². The summed E-state index contributed by atoms with van der Waals surface area (Å²) in [7, 11) is 0. The number of rotatable bonds is 4. The van der Waals surface area contributed by atoms with Gasteiger partial charge in [-0.3, -0.25) is 4.79 Å². The van der Waals surface area contributed by atoms with Crippen LogP contribution in [0, 0.1) is 18.3 Å². The van der Waals surface area contributed by atoms with E-state index in [1.807, 2.05) is 31.2 Å². The van der Waals surface area contributed by atoms with Crippen molar-refractivity contribution < 1.29 is 9.90 Å². The Morgan fingerprint density at radius 1 is 1.30 bits per heavy atom. The number of benzene rings is 2. The average Bonchev–Trinajstić information content (AvgIpc) is 2.49. The number of aryl methyl sites for hydroxylation is 1. The molecule has 2 aromatic rings. The summed E-state index contributed by atoms with van der Waals surface area (Å²) in [5.41, 5.74) is 2.16. The van der Waals surface area contributed by atoms with Crippen molar-refractivity contribution in [3.05, 3.63) is 64.3 Å². The summed E-state index contributed by atoms with van der Waals surface area (Å²) in [6, 6.07) is 13.6. The van der Waals surface area contributed by atoms with E-state index >= 15 is 0 Å². The summed E-state index contributed by atoms with van der Waals surface area (Å²) in [4.78, 5) is 12.1. The Kier molecular flexibility index (Phi) is 5.39. The molecule has 23 heavy (non-hydrogen) atoms. The van der Waals surface area contributed by atoms with E-state index in [0.717, 1.165) is 15.7 Å². The van der Waals surface area contributed by atoms with Gasteiger partial charge in [-0.2, -0.15) is 5.26 Å². The maximum Gasteiger partial charge on any atom is 0.267 e. The molecule has 0 aliphatic carbocycles. The molecule has 0 aliphatic rings. The lowest BCUT2D eigenvalue weighted by Crippen LogP contribution is -2.14. The third kappa shape index (κ3) is 4.59. The third-order valence-corrected chi connectivity index (χ3v) is 3.62. The van der Waals surface area contributed by atoms with Gasteiger partial charge in [-0.15, -0.1) is 0 Å². The number of amides is 1. The van der Waals surface area contributed by atoms with Crippen molar-refractivity contribution in [2.45, 2.75) is 6.92 Å². The third-order valence-electron chi connectivity index (χ3n) is 2.97. The summed E-state index contributed by atoms with van der Waals surface area (Å²) in [6.45, 7) is 1.97. The van der Waals surface area contributed by atoms with E-state index in [1.54, 1.807) is 12.1 Å². The van der Waals surface area contributed by atoms with Gasteiger partial charge in [0.2, 0.25) is 0 Å². The lowest BCUT2D eigenvalue weighted by molar-refractivity contribution is -0.112. The number of aromatic hydroxyl groups is 1. The largest absolute Gasteiger partial charge is 0.508 e. The van der Waals surface area contributed by atoms with Crippen LogP contribution < -0.4 is 10.6 Å². The molecule has 0 heterocycles. The minimum absolute atomic E-state index is 0.0343. The molecule has 0 saturated carbocycles. The van der Waals surface area contributed by atoms with Gasteiger partial charge < -0.3 is 15.7 Å². The van der Waals surface area contributed by atoms with Gasteiger partial charge in [0.15, 0.2) is 0 Å². The van der Waals surface area contributed by atoms with Crippen LogP contribution in [0.4, 0.5) is 11.4 Å². The molecule has 6 heteroatoms. The summed E-state index contributed by atoms with van der Waals surface area (Å²) in [6.07, 6.45) is 1.34. The summed E-state index contributed by atoms with van der Waals surface area (Å²) in [5.74, 6) is -0.527. The predicted octanol–water partition coefficient (Wildman–Crippen LogP) is 3.92. The quantitative estimate of drug-likeness (QED) is 0.561. The van der Waals surface area contributed by atoms with Gasteiger partial charge in [0.05, 0.1) is 5.69 Å². The normalized spacial score (nSPS) is 10.7. The highest BCUT2D eigenvalue weighted by molar-refractivity contribution is 9.10. The SMILES string of the molecule is Cc1ccc(N/C=C(/C#N)C(=O)Nc2cccc(O)c2)c(Br)c1. The van der Waals surface area contributed by atoms with Crippen LogP contribution in [0.25, 0.3) is 0 Å². The maximum absolute atomic E-state index is 12.1.